The van der Waals surface area contributed by atoms with Crippen molar-refractivity contribution < 1.29 is 59.9 Å². The molecule has 0 amide bonds. The number of aliphatic hydroxyl groups excluding tert-OH is 8. The second kappa shape index (κ2) is 19.5. The molecule has 41 heavy (non-hydrogen) atoms. The van der Waals surface area contributed by atoms with Crippen molar-refractivity contribution >= 4 is 5.78 Å². The highest BCUT2D eigenvalue weighted by Crippen LogP contribution is 2.30. The number of carbonyl (C=O) groups excluding carboxylic acids is 1. The standard InChI is InChI=1S/C29H54O12/c1-2-3-4-5-6-7-8-9-10-11-12-13-14-15-18(32)21(33)28-25(37)24(36)27(20(17-31)39-28)41-29-26(38)23(35)22(34)19(16-30)40-29/h19-31,33-38H,2-17H2,1H3/t19-,20-,21?,22+,23+,24-,25-,26-,27-,28?,29?/m1/s1. The topological polar surface area (TPSA) is 207 Å². The lowest BCUT2D eigenvalue weighted by atomic mass is 9.89. The maximum atomic E-state index is 12.6. The summed E-state index contributed by atoms with van der Waals surface area (Å²) in [7, 11) is 0. The Morgan fingerprint density at radius 3 is 1.68 bits per heavy atom. The van der Waals surface area contributed by atoms with Crippen molar-refractivity contribution in [3.05, 3.63) is 0 Å². The average molecular weight is 595 g/mol. The Labute approximate surface area is 243 Å². The Balaban J connectivity index is 1.73. The zero-order chi connectivity index (χ0) is 30.4. The van der Waals surface area contributed by atoms with Gasteiger partial charge in [-0.2, -0.15) is 0 Å². The van der Waals surface area contributed by atoms with Gasteiger partial charge in [0.05, 0.1) is 13.2 Å². The van der Waals surface area contributed by atoms with Crippen LogP contribution in [-0.4, -0.2) is 127 Å². The number of hydrogen-bond acceptors (Lipinski definition) is 12. The quantitative estimate of drug-likeness (QED) is 0.0881. The highest BCUT2D eigenvalue weighted by atomic mass is 16.7. The maximum absolute atomic E-state index is 12.6. The molecule has 2 heterocycles. The monoisotopic (exact) mass is 594 g/mol. The molecule has 0 aromatic carbocycles. The predicted molar refractivity (Wildman–Crippen MR) is 148 cm³/mol. The molecule has 8 N–H and O–H groups in total. The summed E-state index contributed by atoms with van der Waals surface area (Å²) < 4.78 is 16.3. The number of aliphatic hydroxyl groups is 8. The lowest BCUT2D eigenvalue weighted by Gasteiger charge is -2.46. The summed E-state index contributed by atoms with van der Waals surface area (Å²) in [4.78, 5) is 12.6. The SMILES string of the molecule is CCCCCCCCCCCCCCCC(=O)C(O)C1O[C@H](CO)[C@@H](OC2O[C@H](CO)[C@H](O)[C@H](O)[C@H]2O)[C@H](O)[C@H]1O. The van der Waals surface area contributed by atoms with E-state index >= 15 is 0 Å². The molecule has 0 saturated carbocycles. The Morgan fingerprint density at radius 2 is 1.17 bits per heavy atom. The van der Waals surface area contributed by atoms with Gasteiger partial charge in [-0.05, 0) is 6.42 Å². The third-order valence-electron chi connectivity index (χ3n) is 8.21. The molecule has 2 aliphatic heterocycles. The highest BCUT2D eigenvalue weighted by Gasteiger charge is 2.52. The van der Waals surface area contributed by atoms with E-state index in [0.717, 1.165) is 19.3 Å². The normalized spacial score (nSPS) is 35.0. The zero-order valence-electron chi connectivity index (χ0n) is 24.4. The van der Waals surface area contributed by atoms with Crippen LogP contribution in [0.1, 0.15) is 96.8 Å². The van der Waals surface area contributed by atoms with Crippen LogP contribution in [0.5, 0.6) is 0 Å². The van der Waals surface area contributed by atoms with E-state index in [4.69, 9.17) is 14.2 Å². The average Bonchev–Trinajstić information content (AvgIpc) is 2.97. The van der Waals surface area contributed by atoms with E-state index in [0.29, 0.717) is 6.42 Å². The van der Waals surface area contributed by atoms with Gasteiger partial charge in [0.2, 0.25) is 0 Å². The van der Waals surface area contributed by atoms with E-state index < -0.39 is 86.3 Å². The van der Waals surface area contributed by atoms with Crippen molar-refractivity contribution in [1.82, 2.24) is 0 Å². The lowest BCUT2D eigenvalue weighted by molar-refractivity contribution is -0.344. The maximum Gasteiger partial charge on any atom is 0.187 e. The first-order valence-corrected chi connectivity index (χ1v) is 15.5. The van der Waals surface area contributed by atoms with Gasteiger partial charge < -0.3 is 55.1 Å². The number of hydrogen-bond donors (Lipinski definition) is 8. The first-order chi connectivity index (χ1) is 19.7. The smallest absolute Gasteiger partial charge is 0.187 e. The Morgan fingerprint density at radius 1 is 0.659 bits per heavy atom. The Kier molecular flexibility index (Phi) is 17.3. The molecule has 2 rings (SSSR count). The van der Waals surface area contributed by atoms with E-state index in [1.54, 1.807) is 0 Å². The van der Waals surface area contributed by atoms with Crippen LogP contribution in [0.25, 0.3) is 0 Å². The number of Topliss-reactive ketones (excluding diaryl/α,β-unsaturated/α-hetero) is 1. The van der Waals surface area contributed by atoms with Crippen LogP contribution < -0.4 is 0 Å². The molecule has 0 aromatic rings. The van der Waals surface area contributed by atoms with Gasteiger partial charge in [-0.3, -0.25) is 4.79 Å². The van der Waals surface area contributed by atoms with Gasteiger partial charge in [0, 0.05) is 6.42 Å². The van der Waals surface area contributed by atoms with E-state index in [-0.39, 0.29) is 6.42 Å². The van der Waals surface area contributed by atoms with Crippen LogP contribution in [0.2, 0.25) is 0 Å². The first kappa shape index (κ1) is 36.4. The highest BCUT2D eigenvalue weighted by molar-refractivity contribution is 5.83. The van der Waals surface area contributed by atoms with Crippen molar-refractivity contribution in [2.24, 2.45) is 0 Å². The van der Waals surface area contributed by atoms with Crippen molar-refractivity contribution in [1.29, 1.82) is 0 Å². The van der Waals surface area contributed by atoms with Gasteiger partial charge in [0.15, 0.2) is 12.1 Å². The molecule has 2 fully saturated rings. The third kappa shape index (κ3) is 11.0. The predicted octanol–water partition coefficient (Wildman–Crippen LogP) is 0.0643. The fourth-order valence-corrected chi connectivity index (χ4v) is 5.53. The fourth-order valence-electron chi connectivity index (χ4n) is 5.53. The van der Waals surface area contributed by atoms with E-state index in [2.05, 4.69) is 6.92 Å². The molecule has 2 aliphatic rings. The molecular formula is C29H54O12. The van der Waals surface area contributed by atoms with Crippen LogP contribution in [0, 0.1) is 0 Å². The summed E-state index contributed by atoms with van der Waals surface area (Å²) >= 11 is 0. The molecule has 0 spiro atoms. The Hall–Kier alpha value is -0.770. The Bertz CT molecular complexity index is 707. The van der Waals surface area contributed by atoms with Gasteiger partial charge in [0.25, 0.3) is 0 Å². The van der Waals surface area contributed by atoms with Crippen LogP contribution in [-0.2, 0) is 19.0 Å². The summed E-state index contributed by atoms with van der Waals surface area (Å²) in [6.07, 6.45) is -2.60. The number of ketones is 1. The number of ether oxygens (including phenoxy) is 3. The van der Waals surface area contributed by atoms with Crippen LogP contribution in [0.3, 0.4) is 0 Å². The minimum absolute atomic E-state index is 0.0796. The van der Waals surface area contributed by atoms with Gasteiger partial charge >= 0.3 is 0 Å². The first-order valence-electron chi connectivity index (χ1n) is 15.5. The molecule has 0 bridgehead atoms. The van der Waals surface area contributed by atoms with Crippen LogP contribution in [0.15, 0.2) is 0 Å². The van der Waals surface area contributed by atoms with Gasteiger partial charge in [-0.15, -0.1) is 0 Å². The van der Waals surface area contributed by atoms with Gasteiger partial charge in [-0.25, -0.2) is 0 Å². The third-order valence-corrected chi connectivity index (χ3v) is 8.21. The fraction of sp³-hybridized carbons (Fsp3) is 0.966. The summed E-state index contributed by atoms with van der Waals surface area (Å²) in [5.74, 6) is -0.547. The molecule has 3 unspecified atom stereocenters. The van der Waals surface area contributed by atoms with Crippen LogP contribution in [0.4, 0.5) is 0 Å². The summed E-state index contributed by atoms with van der Waals surface area (Å²) in [5, 5.41) is 81.2. The van der Waals surface area contributed by atoms with E-state index in [9.17, 15) is 45.6 Å². The largest absolute Gasteiger partial charge is 0.394 e. The molecule has 12 nitrogen and oxygen atoms in total. The number of unbranched alkanes of at least 4 members (excludes halogenated alkanes) is 12. The van der Waals surface area contributed by atoms with Crippen molar-refractivity contribution in [3.8, 4) is 0 Å². The number of rotatable bonds is 20. The molecule has 0 aliphatic carbocycles. The van der Waals surface area contributed by atoms with E-state index in [1.165, 1.54) is 57.8 Å². The number of carbonyl (C=O) groups is 1. The lowest BCUT2D eigenvalue weighted by Crippen LogP contribution is -2.66. The molecule has 242 valence electrons. The second-order valence-corrected chi connectivity index (χ2v) is 11.5. The van der Waals surface area contributed by atoms with Crippen molar-refractivity contribution in [2.45, 2.75) is 164 Å². The molecule has 11 atom stereocenters. The van der Waals surface area contributed by atoms with Crippen molar-refractivity contribution in [2.75, 3.05) is 13.2 Å². The summed E-state index contributed by atoms with van der Waals surface area (Å²) in [6.45, 7) is 0.788. The van der Waals surface area contributed by atoms with Gasteiger partial charge in [0.1, 0.15) is 61.0 Å². The molecule has 12 heteroatoms. The van der Waals surface area contributed by atoms with Gasteiger partial charge in [-0.1, -0.05) is 84.0 Å². The van der Waals surface area contributed by atoms with Crippen LogP contribution >= 0.6 is 0 Å². The van der Waals surface area contributed by atoms with Crippen molar-refractivity contribution in [3.63, 3.8) is 0 Å². The minimum Gasteiger partial charge on any atom is -0.394 e. The summed E-state index contributed by atoms with van der Waals surface area (Å²) in [5.41, 5.74) is 0. The molecule has 0 radical (unpaired) electrons. The second-order valence-electron chi connectivity index (χ2n) is 11.5. The van der Waals surface area contributed by atoms with E-state index in [1.807, 2.05) is 0 Å². The summed E-state index contributed by atoms with van der Waals surface area (Å²) in [6, 6.07) is 0. The molecular weight excluding hydrogens is 540 g/mol. The zero-order valence-corrected chi connectivity index (χ0v) is 24.4. The minimum atomic E-state index is -1.78. The molecule has 2 saturated heterocycles. The molecule has 0 aromatic heterocycles.